The number of ether oxygens (including phenoxy) is 2. The molecule has 198 valence electrons. The molecular formula is C22H29F3N6O4S. The highest BCUT2D eigenvalue weighted by molar-refractivity contribution is 7.86. The van der Waals surface area contributed by atoms with E-state index in [1.54, 1.807) is 6.07 Å². The normalized spacial score (nSPS) is 20.8. The highest BCUT2D eigenvalue weighted by Gasteiger charge is 2.56. The first-order chi connectivity index (χ1) is 17.1. The molecule has 2 N–H and O–H groups in total. The molecule has 2 aromatic rings. The molecule has 1 saturated carbocycles. The van der Waals surface area contributed by atoms with Crippen molar-refractivity contribution in [2.75, 3.05) is 64.0 Å². The molecule has 3 aliphatic rings. The SMILES string of the molecule is NS(=O)(=O)N(CC(F)F)C1CC2(C1)CN(c1ncnc3cc(OCCN4CCOCC4)c(F)cc13)C2. The first-order valence-corrected chi connectivity index (χ1v) is 13.3. The Morgan fingerprint density at radius 2 is 1.94 bits per heavy atom. The van der Waals surface area contributed by atoms with Gasteiger partial charge in [-0.15, -0.1) is 0 Å². The number of fused-ring (bicyclic) bond motifs is 1. The van der Waals surface area contributed by atoms with Crippen molar-refractivity contribution in [1.29, 1.82) is 0 Å². The fourth-order valence-corrected chi connectivity index (χ4v) is 6.31. The molecule has 2 saturated heterocycles. The van der Waals surface area contributed by atoms with Crippen molar-refractivity contribution in [2.45, 2.75) is 25.3 Å². The predicted octanol–water partition coefficient (Wildman–Crippen LogP) is 1.22. The third kappa shape index (κ3) is 5.23. The third-order valence-electron chi connectivity index (χ3n) is 7.18. The molecule has 0 unspecified atom stereocenters. The van der Waals surface area contributed by atoms with E-state index in [0.717, 1.165) is 13.1 Å². The molecule has 5 rings (SSSR count). The van der Waals surface area contributed by atoms with E-state index >= 15 is 0 Å². The topological polar surface area (TPSA) is 114 Å². The van der Waals surface area contributed by atoms with E-state index < -0.39 is 35.0 Å². The van der Waals surface area contributed by atoms with E-state index in [-0.39, 0.29) is 11.2 Å². The maximum absolute atomic E-state index is 14.9. The van der Waals surface area contributed by atoms with E-state index in [2.05, 4.69) is 14.9 Å². The Bertz CT molecular complexity index is 1200. The Hall–Kier alpha value is -2.26. The molecule has 1 spiro atoms. The van der Waals surface area contributed by atoms with Gasteiger partial charge in [0.25, 0.3) is 16.6 Å². The number of hydrogen-bond donors (Lipinski definition) is 1. The molecular weight excluding hydrogens is 501 g/mol. The van der Waals surface area contributed by atoms with Crippen LogP contribution in [0.2, 0.25) is 0 Å². The zero-order valence-electron chi connectivity index (χ0n) is 19.7. The second-order valence-corrected chi connectivity index (χ2v) is 11.2. The van der Waals surface area contributed by atoms with Gasteiger partial charge in [0.05, 0.1) is 25.3 Å². The maximum Gasteiger partial charge on any atom is 0.277 e. The monoisotopic (exact) mass is 530 g/mol. The van der Waals surface area contributed by atoms with Gasteiger partial charge in [0, 0.05) is 55.6 Å². The Morgan fingerprint density at radius 1 is 1.22 bits per heavy atom. The van der Waals surface area contributed by atoms with Gasteiger partial charge in [-0.3, -0.25) is 4.90 Å². The lowest BCUT2D eigenvalue weighted by Crippen LogP contribution is -2.68. The number of alkyl halides is 2. The molecule has 0 atom stereocenters. The van der Waals surface area contributed by atoms with Crippen molar-refractivity contribution in [3.05, 3.63) is 24.3 Å². The number of halogens is 3. The first kappa shape index (κ1) is 25.4. The van der Waals surface area contributed by atoms with Crippen LogP contribution in [0.15, 0.2) is 18.5 Å². The number of rotatable bonds is 9. The van der Waals surface area contributed by atoms with Crippen LogP contribution in [-0.2, 0) is 14.9 Å². The first-order valence-electron chi connectivity index (χ1n) is 11.8. The zero-order chi connectivity index (χ0) is 25.5. The summed E-state index contributed by atoms with van der Waals surface area (Å²) in [5.41, 5.74) is 0.348. The summed E-state index contributed by atoms with van der Waals surface area (Å²) in [5, 5.41) is 5.69. The van der Waals surface area contributed by atoms with Crippen LogP contribution >= 0.6 is 0 Å². The van der Waals surface area contributed by atoms with Gasteiger partial charge in [-0.2, -0.15) is 12.7 Å². The number of aromatic nitrogens is 2. The van der Waals surface area contributed by atoms with Gasteiger partial charge in [-0.1, -0.05) is 0 Å². The third-order valence-corrected chi connectivity index (χ3v) is 8.28. The molecule has 3 fully saturated rings. The Kier molecular flexibility index (Phi) is 6.98. The highest BCUT2D eigenvalue weighted by Crippen LogP contribution is 2.52. The van der Waals surface area contributed by atoms with Gasteiger partial charge >= 0.3 is 0 Å². The lowest BCUT2D eigenvalue weighted by atomic mass is 9.60. The summed E-state index contributed by atoms with van der Waals surface area (Å²) < 4.78 is 75.7. The van der Waals surface area contributed by atoms with Crippen LogP contribution in [0, 0.1) is 11.2 Å². The summed E-state index contributed by atoms with van der Waals surface area (Å²) in [4.78, 5) is 12.8. The molecule has 0 amide bonds. The van der Waals surface area contributed by atoms with Crippen LogP contribution in [0.4, 0.5) is 19.0 Å². The van der Waals surface area contributed by atoms with E-state index in [0.29, 0.717) is 73.3 Å². The van der Waals surface area contributed by atoms with Crippen LogP contribution in [0.25, 0.3) is 10.9 Å². The number of hydrogen-bond acceptors (Lipinski definition) is 8. The summed E-state index contributed by atoms with van der Waals surface area (Å²) in [6.45, 7) is 4.24. The molecule has 0 radical (unpaired) electrons. The minimum atomic E-state index is -4.21. The van der Waals surface area contributed by atoms with Gasteiger partial charge in [0.15, 0.2) is 11.6 Å². The smallest absolute Gasteiger partial charge is 0.277 e. The van der Waals surface area contributed by atoms with Crippen molar-refractivity contribution >= 4 is 26.9 Å². The maximum atomic E-state index is 14.9. The Balaban J connectivity index is 1.22. The van der Waals surface area contributed by atoms with E-state index in [1.165, 1.54) is 12.4 Å². The van der Waals surface area contributed by atoms with E-state index in [1.807, 2.05) is 4.90 Å². The Labute approximate surface area is 207 Å². The number of morpholine rings is 1. The largest absolute Gasteiger partial charge is 0.489 e. The predicted molar refractivity (Wildman–Crippen MR) is 126 cm³/mol. The molecule has 1 aromatic carbocycles. The van der Waals surface area contributed by atoms with Crippen molar-refractivity contribution < 1.29 is 31.1 Å². The van der Waals surface area contributed by atoms with Crippen molar-refractivity contribution in [2.24, 2.45) is 10.6 Å². The van der Waals surface area contributed by atoms with Gasteiger partial charge in [0.1, 0.15) is 18.8 Å². The van der Waals surface area contributed by atoms with E-state index in [9.17, 15) is 21.6 Å². The molecule has 0 bridgehead atoms. The molecule has 1 aliphatic carbocycles. The average Bonchev–Trinajstić information content (AvgIpc) is 2.77. The van der Waals surface area contributed by atoms with Gasteiger partial charge in [-0.25, -0.2) is 28.3 Å². The highest BCUT2D eigenvalue weighted by atomic mass is 32.2. The fraction of sp³-hybridized carbons (Fsp3) is 0.636. The standard InChI is InChI=1S/C22H29F3N6O4S/c23-17-7-16-18(8-19(17)35-6-3-29-1-4-34-5-2-29)27-14-28-21(16)30-12-22(13-30)9-15(10-22)31(11-20(24)25)36(26,32)33/h7-8,14-15,20H,1-6,9-13H2,(H2,26,32,33). The number of benzene rings is 1. The molecule has 10 nitrogen and oxygen atoms in total. The van der Waals surface area contributed by atoms with Gasteiger partial charge in [-0.05, 0) is 18.9 Å². The van der Waals surface area contributed by atoms with Crippen LogP contribution in [0.3, 0.4) is 0 Å². The van der Waals surface area contributed by atoms with Crippen LogP contribution in [0.1, 0.15) is 12.8 Å². The molecule has 2 aliphatic heterocycles. The molecule has 1 aromatic heterocycles. The summed E-state index contributed by atoms with van der Waals surface area (Å²) in [6, 6.07) is 2.39. The lowest BCUT2D eigenvalue weighted by Gasteiger charge is -2.60. The summed E-state index contributed by atoms with van der Waals surface area (Å²) >= 11 is 0. The minimum Gasteiger partial charge on any atom is -0.489 e. The van der Waals surface area contributed by atoms with Crippen molar-refractivity contribution in [3.8, 4) is 5.75 Å². The quantitative estimate of drug-likeness (QED) is 0.515. The van der Waals surface area contributed by atoms with Crippen molar-refractivity contribution in [1.82, 2.24) is 19.2 Å². The number of nitrogens with two attached hydrogens (primary N) is 1. The van der Waals surface area contributed by atoms with Crippen LogP contribution in [-0.4, -0.2) is 99.1 Å². The summed E-state index contributed by atoms with van der Waals surface area (Å²) in [5.74, 6) is 0.198. The molecule has 3 heterocycles. The summed E-state index contributed by atoms with van der Waals surface area (Å²) in [6.07, 6.45) is -0.517. The lowest BCUT2D eigenvalue weighted by molar-refractivity contribution is -0.00435. The fourth-order valence-electron chi connectivity index (χ4n) is 5.43. The average molecular weight is 531 g/mol. The number of nitrogens with zero attached hydrogens (tertiary/aromatic N) is 5. The van der Waals surface area contributed by atoms with Crippen LogP contribution < -0.4 is 14.8 Å². The van der Waals surface area contributed by atoms with Crippen molar-refractivity contribution in [3.63, 3.8) is 0 Å². The van der Waals surface area contributed by atoms with Gasteiger partial charge < -0.3 is 14.4 Å². The number of anilines is 1. The molecule has 14 heteroatoms. The minimum absolute atomic E-state index is 0.129. The zero-order valence-corrected chi connectivity index (χ0v) is 20.5. The molecule has 36 heavy (non-hydrogen) atoms. The van der Waals surface area contributed by atoms with Crippen LogP contribution in [0.5, 0.6) is 5.75 Å². The summed E-state index contributed by atoms with van der Waals surface area (Å²) in [7, 11) is -4.21. The Morgan fingerprint density at radius 3 is 2.61 bits per heavy atom. The second kappa shape index (κ2) is 9.89. The van der Waals surface area contributed by atoms with Gasteiger partial charge in [0.2, 0.25) is 0 Å². The second-order valence-electron chi connectivity index (χ2n) is 9.72. The van der Waals surface area contributed by atoms with E-state index in [4.69, 9.17) is 14.6 Å².